The molecule has 0 heterocycles. The van der Waals surface area contributed by atoms with Gasteiger partial charge in [-0.25, -0.2) is 0 Å². The molecular weight excluding hydrogens is 759 g/mol. The molecule has 0 saturated carbocycles. The van der Waals surface area contributed by atoms with Crippen molar-refractivity contribution in [3.8, 4) is 33.4 Å². The summed E-state index contributed by atoms with van der Waals surface area (Å²) in [6.07, 6.45) is 0. The van der Waals surface area contributed by atoms with Crippen LogP contribution in [-0.4, -0.2) is 0 Å². The maximum Gasteiger partial charge on any atom is 0.0575 e. The lowest BCUT2D eigenvalue weighted by Gasteiger charge is -2.37. The minimum absolute atomic E-state index is 0.0387. The Balaban J connectivity index is 1.47. The normalized spacial score (nSPS) is 16.6. The average Bonchev–Trinajstić information content (AvgIpc) is 3.66. The van der Waals surface area contributed by atoms with Crippen LogP contribution in [0.3, 0.4) is 0 Å². The fraction of sp³-hybridized carbons (Fsp3) is 0.419. The van der Waals surface area contributed by atoms with Gasteiger partial charge in [-0.2, -0.15) is 0 Å². The van der Waals surface area contributed by atoms with Gasteiger partial charge in [0.25, 0.3) is 0 Å². The molecule has 0 fully saturated rings. The number of anilines is 3. The molecule has 3 aliphatic carbocycles. The average molecular weight is 832 g/mol. The Morgan fingerprint density at radius 2 is 0.825 bits per heavy atom. The topological polar surface area (TPSA) is 3.24 Å². The summed E-state index contributed by atoms with van der Waals surface area (Å²) in [6, 6.07) is 39.0. The number of benzene rings is 6. The van der Waals surface area contributed by atoms with Crippen LogP contribution < -0.4 is 4.90 Å². The Hall–Kier alpha value is -4.88. The van der Waals surface area contributed by atoms with Gasteiger partial charge in [0.15, 0.2) is 0 Å². The molecule has 326 valence electrons. The van der Waals surface area contributed by atoms with E-state index in [4.69, 9.17) is 0 Å². The lowest BCUT2D eigenvalue weighted by molar-refractivity contribution is 0.578. The van der Waals surface area contributed by atoms with Crippen LogP contribution in [0.4, 0.5) is 17.1 Å². The zero-order chi connectivity index (χ0) is 45.9. The van der Waals surface area contributed by atoms with Crippen LogP contribution in [0.15, 0.2) is 97.1 Å². The molecule has 0 amide bonds. The predicted molar refractivity (Wildman–Crippen MR) is 273 cm³/mol. The summed E-state index contributed by atoms with van der Waals surface area (Å²) in [5, 5.41) is 0. The third-order valence-corrected chi connectivity index (χ3v) is 15.6. The summed E-state index contributed by atoms with van der Waals surface area (Å²) >= 11 is 0. The summed E-state index contributed by atoms with van der Waals surface area (Å²) in [4.78, 5) is 2.75. The molecule has 0 spiro atoms. The van der Waals surface area contributed by atoms with Crippen molar-refractivity contribution in [2.45, 2.75) is 169 Å². The van der Waals surface area contributed by atoms with Crippen molar-refractivity contribution in [2.75, 3.05) is 4.90 Å². The fourth-order valence-corrected chi connectivity index (χ4v) is 11.6. The summed E-state index contributed by atoms with van der Waals surface area (Å²) in [7, 11) is 0. The molecule has 0 atom stereocenters. The highest BCUT2D eigenvalue weighted by molar-refractivity contribution is 6.02. The molecule has 1 nitrogen and oxygen atoms in total. The Morgan fingerprint density at radius 3 is 1.37 bits per heavy atom. The monoisotopic (exact) mass is 832 g/mol. The highest BCUT2D eigenvalue weighted by atomic mass is 15.2. The predicted octanol–water partition coefficient (Wildman–Crippen LogP) is 17.6. The van der Waals surface area contributed by atoms with Crippen LogP contribution in [0.2, 0.25) is 0 Å². The Kier molecular flexibility index (Phi) is 9.19. The zero-order valence-electron chi connectivity index (χ0n) is 42.2. The summed E-state index contributed by atoms with van der Waals surface area (Å²) in [5.74, 6) is 0. The third kappa shape index (κ3) is 6.37. The molecule has 0 saturated heterocycles. The van der Waals surface area contributed by atoms with Gasteiger partial charge in [0.2, 0.25) is 0 Å². The molecule has 0 N–H and O–H groups in total. The summed E-state index contributed by atoms with van der Waals surface area (Å²) in [6.45, 7) is 45.6. The molecule has 0 aliphatic heterocycles. The number of nitrogens with zero attached hydrogens (tertiary/aromatic N) is 1. The van der Waals surface area contributed by atoms with E-state index in [0.29, 0.717) is 0 Å². The van der Waals surface area contributed by atoms with Gasteiger partial charge in [0.05, 0.1) is 11.4 Å². The quantitative estimate of drug-likeness (QED) is 0.172. The summed E-state index contributed by atoms with van der Waals surface area (Å²) < 4.78 is 0. The van der Waals surface area contributed by atoms with Crippen LogP contribution in [0.1, 0.15) is 186 Å². The SMILES string of the molecule is Cc1c(C(C)(C)C)cc2c(c1N(c1ccc3c(c1)C(C)(C)c1ccccc1-3)c1cc(C(C)(C)C)cc3c1-c1ccc(C(C)(C)C)cc1C3(C)C)-c1ccc(C(C)(C)C)cc1C2(C)C. The molecule has 9 rings (SSSR count). The molecule has 0 aromatic heterocycles. The molecule has 3 aliphatic rings. The van der Waals surface area contributed by atoms with Crippen molar-refractivity contribution >= 4 is 17.1 Å². The Labute approximate surface area is 381 Å². The second-order valence-corrected chi connectivity index (χ2v) is 25.2. The molecule has 63 heavy (non-hydrogen) atoms. The van der Waals surface area contributed by atoms with Crippen LogP contribution in [0, 0.1) is 6.92 Å². The Bertz CT molecular complexity index is 2900. The molecule has 6 aromatic carbocycles. The number of rotatable bonds is 3. The zero-order valence-corrected chi connectivity index (χ0v) is 42.2. The molecule has 6 aromatic rings. The van der Waals surface area contributed by atoms with E-state index >= 15 is 0 Å². The Morgan fingerprint density at radius 1 is 0.381 bits per heavy atom. The first-order valence-electron chi connectivity index (χ1n) is 23.7. The van der Waals surface area contributed by atoms with Gasteiger partial charge in [-0.3, -0.25) is 0 Å². The van der Waals surface area contributed by atoms with Crippen molar-refractivity contribution in [1.29, 1.82) is 0 Å². The van der Waals surface area contributed by atoms with Crippen molar-refractivity contribution in [3.05, 3.63) is 158 Å². The molecule has 0 radical (unpaired) electrons. The van der Waals surface area contributed by atoms with Gasteiger partial charge in [0, 0.05) is 33.1 Å². The largest absolute Gasteiger partial charge is 0.309 e. The smallest absolute Gasteiger partial charge is 0.0575 e. The van der Waals surface area contributed by atoms with Crippen molar-refractivity contribution < 1.29 is 0 Å². The van der Waals surface area contributed by atoms with Crippen LogP contribution in [0.5, 0.6) is 0 Å². The lowest BCUT2D eigenvalue weighted by Crippen LogP contribution is -2.23. The fourth-order valence-electron chi connectivity index (χ4n) is 11.6. The second kappa shape index (κ2) is 13.3. The van der Waals surface area contributed by atoms with Gasteiger partial charge in [-0.05, 0) is 130 Å². The minimum atomic E-state index is -0.200. The van der Waals surface area contributed by atoms with Crippen LogP contribution in [0.25, 0.3) is 33.4 Å². The third-order valence-electron chi connectivity index (χ3n) is 15.6. The van der Waals surface area contributed by atoms with E-state index in [2.05, 4.69) is 234 Å². The number of fused-ring (bicyclic) bond motifs is 9. The van der Waals surface area contributed by atoms with Crippen molar-refractivity contribution in [1.82, 2.24) is 0 Å². The maximum absolute atomic E-state index is 2.75. The van der Waals surface area contributed by atoms with E-state index in [1.807, 2.05) is 0 Å². The van der Waals surface area contributed by atoms with Gasteiger partial charge in [-0.15, -0.1) is 0 Å². The van der Waals surface area contributed by atoms with E-state index in [1.165, 1.54) is 112 Å². The number of hydrogen-bond acceptors (Lipinski definition) is 1. The lowest BCUT2D eigenvalue weighted by atomic mass is 9.75. The van der Waals surface area contributed by atoms with Gasteiger partial charge < -0.3 is 4.90 Å². The van der Waals surface area contributed by atoms with E-state index < -0.39 is 0 Å². The summed E-state index contributed by atoms with van der Waals surface area (Å²) in [5.41, 5.74) is 26.7. The molecular formula is C62H73N. The molecule has 0 unspecified atom stereocenters. The standard InChI is InChI=1S/C62H73N/c1-36-46(59(11,12)13)35-51-54(44-28-25-38(57(5,6)7)31-48(44)62(51,18)19)55(36)63(40-26-29-42-41-22-20-21-23-45(41)60(14,15)49(42)34-40)52-33-39(58(8,9)10)32-50-53(52)43-27-24-37(56(2,3)4)30-47(43)61(50,16)17/h20-35H,1-19H3. The minimum Gasteiger partial charge on any atom is -0.309 e. The van der Waals surface area contributed by atoms with Crippen molar-refractivity contribution in [2.24, 2.45) is 0 Å². The maximum atomic E-state index is 2.75. The first-order chi connectivity index (χ1) is 29.0. The highest BCUT2D eigenvalue weighted by Gasteiger charge is 2.45. The van der Waals surface area contributed by atoms with Crippen LogP contribution in [-0.2, 0) is 37.9 Å². The first-order valence-corrected chi connectivity index (χ1v) is 23.7. The molecule has 1 heteroatoms. The van der Waals surface area contributed by atoms with E-state index in [-0.39, 0.29) is 37.9 Å². The second-order valence-electron chi connectivity index (χ2n) is 25.2. The van der Waals surface area contributed by atoms with E-state index in [9.17, 15) is 0 Å². The van der Waals surface area contributed by atoms with Gasteiger partial charge >= 0.3 is 0 Å². The van der Waals surface area contributed by atoms with Crippen LogP contribution >= 0.6 is 0 Å². The highest BCUT2D eigenvalue weighted by Crippen LogP contribution is 2.62. The van der Waals surface area contributed by atoms with E-state index in [0.717, 1.165) is 0 Å². The first kappa shape index (κ1) is 43.4. The van der Waals surface area contributed by atoms with Gasteiger partial charge in [-0.1, -0.05) is 203 Å². The number of hydrogen-bond donors (Lipinski definition) is 0. The van der Waals surface area contributed by atoms with Crippen molar-refractivity contribution in [3.63, 3.8) is 0 Å². The molecule has 0 bridgehead atoms. The van der Waals surface area contributed by atoms with Gasteiger partial charge in [0.1, 0.15) is 0 Å². The van der Waals surface area contributed by atoms with E-state index in [1.54, 1.807) is 0 Å².